The number of nitrogens with zero attached hydrogens (tertiary/aromatic N) is 4. The number of H-pyrrole nitrogens is 2. The summed E-state index contributed by atoms with van der Waals surface area (Å²) < 4.78 is 1.95. The van der Waals surface area contributed by atoms with Gasteiger partial charge >= 0.3 is 5.69 Å². The van der Waals surface area contributed by atoms with E-state index in [1.54, 1.807) is 0 Å². The van der Waals surface area contributed by atoms with Gasteiger partial charge in [0.25, 0.3) is 0 Å². The lowest BCUT2D eigenvalue weighted by Crippen LogP contribution is -2.39. The Morgan fingerprint density at radius 2 is 2.08 bits per heavy atom. The third kappa shape index (κ3) is 3.12. The second-order valence-electron chi connectivity index (χ2n) is 7.46. The average Bonchev–Trinajstić information content (AvgIpc) is 3.03. The molecule has 0 spiro atoms. The molecule has 1 aliphatic heterocycles. The Morgan fingerprint density at radius 1 is 1.32 bits per heavy atom. The molecule has 0 radical (unpaired) electrons. The lowest BCUT2D eigenvalue weighted by molar-refractivity contribution is -0.133. The summed E-state index contributed by atoms with van der Waals surface area (Å²) in [5.74, 6) is 1.62. The van der Waals surface area contributed by atoms with E-state index in [2.05, 4.69) is 40.3 Å². The summed E-state index contributed by atoms with van der Waals surface area (Å²) >= 11 is 0. The molecule has 2 aliphatic rings. The zero-order valence-corrected chi connectivity index (χ0v) is 14.6. The predicted octanol–water partition coefficient (Wildman–Crippen LogP) is 1.39. The molecule has 2 aromatic rings. The topological polar surface area (TPSA) is 99.7 Å². The first-order valence-corrected chi connectivity index (χ1v) is 9.00. The van der Waals surface area contributed by atoms with Crippen molar-refractivity contribution in [2.75, 3.05) is 13.1 Å². The molecule has 1 aliphatic carbocycles. The van der Waals surface area contributed by atoms with Crippen molar-refractivity contribution in [2.24, 2.45) is 5.92 Å². The molecule has 1 saturated heterocycles. The minimum atomic E-state index is -0.267. The van der Waals surface area contributed by atoms with Crippen molar-refractivity contribution < 1.29 is 4.79 Å². The van der Waals surface area contributed by atoms with Gasteiger partial charge in [0.15, 0.2) is 0 Å². The van der Waals surface area contributed by atoms with Crippen LogP contribution in [0.1, 0.15) is 62.4 Å². The molecule has 1 saturated carbocycles. The first-order valence-electron chi connectivity index (χ1n) is 9.00. The van der Waals surface area contributed by atoms with Gasteiger partial charge in [-0.3, -0.25) is 14.5 Å². The SMILES string of the molecule is CC(C)n1cc(C2CC2C(=O)N2CCC(c3n[nH]c(=O)[nH]3)CC2)cn1. The second kappa shape index (κ2) is 6.16. The van der Waals surface area contributed by atoms with E-state index in [1.165, 1.54) is 5.56 Å². The number of rotatable bonds is 4. The van der Waals surface area contributed by atoms with E-state index in [9.17, 15) is 9.59 Å². The normalized spacial score (nSPS) is 24.0. The molecule has 1 amide bonds. The number of carbonyl (C=O) groups is 1. The zero-order chi connectivity index (χ0) is 17.6. The van der Waals surface area contributed by atoms with Crippen LogP contribution in [0.15, 0.2) is 17.2 Å². The Kier molecular flexibility index (Phi) is 3.97. The molecular formula is C17H24N6O2. The van der Waals surface area contributed by atoms with Gasteiger partial charge < -0.3 is 4.90 Å². The van der Waals surface area contributed by atoms with Gasteiger partial charge in [-0.15, -0.1) is 0 Å². The van der Waals surface area contributed by atoms with E-state index in [0.717, 1.165) is 32.4 Å². The quantitative estimate of drug-likeness (QED) is 0.875. The van der Waals surface area contributed by atoms with Gasteiger partial charge in [0, 0.05) is 37.2 Å². The Balaban J connectivity index is 1.33. The first kappa shape index (κ1) is 16.1. The van der Waals surface area contributed by atoms with Crippen molar-refractivity contribution in [1.29, 1.82) is 0 Å². The maximum atomic E-state index is 12.8. The van der Waals surface area contributed by atoms with E-state index in [-0.39, 0.29) is 23.4 Å². The maximum absolute atomic E-state index is 12.8. The van der Waals surface area contributed by atoms with Crippen LogP contribution in [0.25, 0.3) is 0 Å². The third-order valence-corrected chi connectivity index (χ3v) is 5.40. The molecule has 4 rings (SSSR count). The van der Waals surface area contributed by atoms with Gasteiger partial charge in [-0.1, -0.05) is 0 Å². The standard InChI is InChI=1S/C17H24N6O2/c1-10(2)23-9-12(8-18-23)13-7-14(13)16(24)22-5-3-11(4-6-22)15-19-17(25)21-20-15/h8-11,13-14H,3-7H2,1-2H3,(H2,19,20,21,25). The number of aromatic nitrogens is 5. The van der Waals surface area contributed by atoms with E-state index in [0.29, 0.717) is 17.8 Å². The average molecular weight is 344 g/mol. The number of piperidine rings is 1. The van der Waals surface area contributed by atoms with Crippen LogP contribution in [-0.4, -0.2) is 48.9 Å². The molecule has 2 aromatic heterocycles. The summed E-state index contributed by atoms with van der Waals surface area (Å²) in [6.07, 6.45) is 6.58. The minimum Gasteiger partial charge on any atom is -0.342 e. The number of amides is 1. The highest BCUT2D eigenvalue weighted by Crippen LogP contribution is 2.48. The van der Waals surface area contributed by atoms with Crippen molar-refractivity contribution >= 4 is 5.91 Å². The predicted molar refractivity (Wildman–Crippen MR) is 91.2 cm³/mol. The first-order chi connectivity index (χ1) is 12.0. The Hall–Kier alpha value is -2.38. The van der Waals surface area contributed by atoms with Gasteiger partial charge in [-0.05, 0) is 44.6 Å². The Labute approximate surface area is 145 Å². The fraction of sp³-hybridized carbons (Fsp3) is 0.647. The summed E-state index contributed by atoms with van der Waals surface area (Å²) in [5.41, 5.74) is 0.910. The van der Waals surface area contributed by atoms with Gasteiger partial charge in [-0.25, -0.2) is 9.89 Å². The van der Waals surface area contributed by atoms with Crippen LogP contribution >= 0.6 is 0 Å². The highest BCUT2D eigenvalue weighted by molar-refractivity contribution is 5.83. The summed E-state index contributed by atoms with van der Waals surface area (Å²) in [5, 5.41) is 10.8. The van der Waals surface area contributed by atoms with E-state index in [1.807, 2.05) is 15.8 Å². The largest absolute Gasteiger partial charge is 0.342 e. The number of hydrogen-bond donors (Lipinski definition) is 2. The fourth-order valence-electron chi connectivity index (χ4n) is 3.75. The second-order valence-corrected chi connectivity index (χ2v) is 7.46. The van der Waals surface area contributed by atoms with E-state index >= 15 is 0 Å². The molecule has 0 bridgehead atoms. The molecule has 3 heterocycles. The Bertz CT molecular complexity index is 811. The number of carbonyl (C=O) groups excluding carboxylic acids is 1. The van der Waals surface area contributed by atoms with Crippen LogP contribution in [0.4, 0.5) is 0 Å². The van der Waals surface area contributed by atoms with E-state index in [4.69, 9.17) is 0 Å². The number of aromatic amines is 2. The maximum Gasteiger partial charge on any atom is 0.340 e. The van der Waals surface area contributed by atoms with Crippen LogP contribution in [0, 0.1) is 5.92 Å². The van der Waals surface area contributed by atoms with Crippen LogP contribution in [-0.2, 0) is 4.79 Å². The zero-order valence-electron chi connectivity index (χ0n) is 14.6. The molecule has 2 atom stereocenters. The molecule has 134 valence electrons. The van der Waals surface area contributed by atoms with Crippen molar-refractivity contribution in [2.45, 2.75) is 51.0 Å². The molecular weight excluding hydrogens is 320 g/mol. The molecule has 2 N–H and O–H groups in total. The minimum absolute atomic E-state index is 0.103. The van der Waals surface area contributed by atoms with Gasteiger partial charge in [0.2, 0.25) is 5.91 Å². The van der Waals surface area contributed by atoms with Crippen LogP contribution in [0.5, 0.6) is 0 Å². The highest BCUT2D eigenvalue weighted by Gasteiger charge is 2.46. The van der Waals surface area contributed by atoms with Crippen LogP contribution in [0.2, 0.25) is 0 Å². The van der Waals surface area contributed by atoms with Gasteiger partial charge in [-0.2, -0.15) is 10.2 Å². The lowest BCUT2D eigenvalue weighted by Gasteiger charge is -2.31. The summed E-state index contributed by atoms with van der Waals surface area (Å²) in [6.45, 7) is 5.66. The smallest absolute Gasteiger partial charge is 0.340 e. The van der Waals surface area contributed by atoms with Crippen molar-refractivity contribution in [3.05, 3.63) is 34.3 Å². The molecule has 2 unspecified atom stereocenters. The van der Waals surface area contributed by atoms with Crippen LogP contribution < -0.4 is 5.69 Å². The van der Waals surface area contributed by atoms with Gasteiger partial charge in [0.05, 0.1) is 6.20 Å². The highest BCUT2D eigenvalue weighted by atomic mass is 16.2. The summed E-state index contributed by atoms with van der Waals surface area (Å²) in [4.78, 5) is 28.6. The fourth-order valence-corrected chi connectivity index (χ4v) is 3.75. The number of likely N-dealkylation sites (tertiary alicyclic amines) is 1. The molecule has 2 fully saturated rings. The van der Waals surface area contributed by atoms with Gasteiger partial charge in [0.1, 0.15) is 5.82 Å². The van der Waals surface area contributed by atoms with Crippen molar-refractivity contribution in [1.82, 2.24) is 29.9 Å². The lowest BCUT2D eigenvalue weighted by atomic mass is 9.96. The molecule has 8 heteroatoms. The number of hydrogen-bond acceptors (Lipinski definition) is 4. The third-order valence-electron chi connectivity index (χ3n) is 5.40. The monoisotopic (exact) mass is 344 g/mol. The Morgan fingerprint density at radius 3 is 2.68 bits per heavy atom. The van der Waals surface area contributed by atoms with Crippen molar-refractivity contribution in [3.63, 3.8) is 0 Å². The number of nitrogens with one attached hydrogen (secondary N) is 2. The van der Waals surface area contributed by atoms with Crippen molar-refractivity contribution in [3.8, 4) is 0 Å². The molecule has 8 nitrogen and oxygen atoms in total. The molecule has 0 aromatic carbocycles. The van der Waals surface area contributed by atoms with E-state index < -0.39 is 0 Å². The summed E-state index contributed by atoms with van der Waals surface area (Å²) in [6, 6.07) is 0.342. The molecule has 25 heavy (non-hydrogen) atoms. The van der Waals surface area contributed by atoms with Crippen LogP contribution in [0.3, 0.4) is 0 Å². The summed E-state index contributed by atoms with van der Waals surface area (Å²) in [7, 11) is 0.